The third-order valence-electron chi connectivity index (χ3n) is 3.01. The van der Waals surface area contributed by atoms with Crippen molar-refractivity contribution >= 4 is 5.82 Å². The molecular weight excluding hydrogens is 207 g/mol. The molecule has 1 N–H and O–H groups in total. The number of aromatic nitrogens is 1. The Hall–Kier alpha value is -1.16. The van der Waals surface area contributed by atoms with Crippen molar-refractivity contribution in [1.82, 2.24) is 4.98 Å². The molecule has 1 saturated heterocycles. The highest BCUT2D eigenvalue weighted by Gasteiger charge is 2.26. The molecule has 16 heavy (non-hydrogen) atoms. The number of hydrogen-bond donors (Lipinski definition) is 1. The van der Waals surface area contributed by atoms with Crippen LogP contribution in [0.25, 0.3) is 0 Å². The molecule has 0 bridgehead atoms. The number of nitrogens with zero attached hydrogens (tertiary/aromatic N) is 1. The van der Waals surface area contributed by atoms with Crippen LogP contribution in [0.15, 0.2) is 18.2 Å². The van der Waals surface area contributed by atoms with E-state index < -0.39 is 5.95 Å². The summed E-state index contributed by atoms with van der Waals surface area (Å²) in [6.07, 6.45) is 2.44. The Balaban J connectivity index is 1.87. The molecule has 1 aromatic rings. The number of pyridine rings is 1. The summed E-state index contributed by atoms with van der Waals surface area (Å²) >= 11 is 0. The first-order valence-corrected chi connectivity index (χ1v) is 5.77. The van der Waals surface area contributed by atoms with Gasteiger partial charge in [0.1, 0.15) is 5.82 Å². The zero-order chi connectivity index (χ0) is 11.4. The minimum absolute atomic E-state index is 0.334. The molecule has 0 saturated carbocycles. The smallest absolute Gasteiger partial charge is 0.214 e. The van der Waals surface area contributed by atoms with Gasteiger partial charge in [0.2, 0.25) is 5.95 Å². The van der Waals surface area contributed by atoms with E-state index in [1.807, 2.05) is 0 Å². The minimum atomic E-state index is -0.445. The average molecular weight is 224 g/mol. The second-order valence-corrected chi connectivity index (χ2v) is 4.09. The van der Waals surface area contributed by atoms with Crippen LogP contribution in [0.1, 0.15) is 19.8 Å². The van der Waals surface area contributed by atoms with Gasteiger partial charge in [-0.3, -0.25) is 0 Å². The van der Waals surface area contributed by atoms with Gasteiger partial charge < -0.3 is 10.1 Å². The van der Waals surface area contributed by atoms with E-state index in [0.29, 0.717) is 17.8 Å². The first-order valence-electron chi connectivity index (χ1n) is 5.77. The van der Waals surface area contributed by atoms with Crippen molar-refractivity contribution in [3.63, 3.8) is 0 Å². The lowest BCUT2D eigenvalue weighted by molar-refractivity contribution is 0.0900. The van der Waals surface area contributed by atoms with Gasteiger partial charge in [-0.2, -0.15) is 4.39 Å². The lowest BCUT2D eigenvalue weighted by Crippen LogP contribution is -2.23. The summed E-state index contributed by atoms with van der Waals surface area (Å²) in [6, 6.07) is 4.78. The molecule has 2 unspecified atom stereocenters. The van der Waals surface area contributed by atoms with Crippen molar-refractivity contribution in [1.29, 1.82) is 0 Å². The number of anilines is 1. The van der Waals surface area contributed by atoms with Gasteiger partial charge in [-0.15, -0.1) is 0 Å². The average Bonchev–Trinajstić information content (AvgIpc) is 2.74. The molecule has 0 aliphatic carbocycles. The van der Waals surface area contributed by atoms with Crippen molar-refractivity contribution in [3.05, 3.63) is 24.1 Å². The Morgan fingerprint density at radius 3 is 3.19 bits per heavy atom. The molecule has 88 valence electrons. The standard InChI is InChI=1S/C12H17FN2O/c1-2-10-9(6-7-16-10)8-14-12-5-3-4-11(13)15-12/h3-5,9-10H,2,6-8H2,1H3,(H,14,15). The highest BCUT2D eigenvalue weighted by Crippen LogP contribution is 2.23. The summed E-state index contributed by atoms with van der Waals surface area (Å²) in [5.74, 6) is 0.663. The number of ether oxygens (including phenoxy) is 1. The highest BCUT2D eigenvalue weighted by atomic mass is 19.1. The van der Waals surface area contributed by atoms with Crippen LogP contribution in [0.2, 0.25) is 0 Å². The normalized spacial score (nSPS) is 24.6. The number of hydrogen-bond acceptors (Lipinski definition) is 3. The van der Waals surface area contributed by atoms with Crippen molar-refractivity contribution in [2.75, 3.05) is 18.5 Å². The summed E-state index contributed by atoms with van der Waals surface area (Å²) < 4.78 is 18.4. The Labute approximate surface area is 95.0 Å². The molecular formula is C12H17FN2O. The number of halogens is 1. The van der Waals surface area contributed by atoms with Crippen molar-refractivity contribution in [2.24, 2.45) is 5.92 Å². The van der Waals surface area contributed by atoms with Gasteiger partial charge in [0.05, 0.1) is 6.10 Å². The maximum atomic E-state index is 12.8. The monoisotopic (exact) mass is 224 g/mol. The fourth-order valence-corrected chi connectivity index (χ4v) is 2.12. The van der Waals surface area contributed by atoms with Crippen molar-refractivity contribution in [2.45, 2.75) is 25.9 Å². The van der Waals surface area contributed by atoms with Crippen LogP contribution in [0.4, 0.5) is 10.2 Å². The Morgan fingerprint density at radius 2 is 2.44 bits per heavy atom. The Bertz CT molecular complexity index is 346. The van der Waals surface area contributed by atoms with E-state index in [1.54, 1.807) is 12.1 Å². The van der Waals surface area contributed by atoms with Gasteiger partial charge in [0.15, 0.2) is 0 Å². The third-order valence-corrected chi connectivity index (χ3v) is 3.01. The van der Waals surface area contributed by atoms with E-state index in [0.717, 1.165) is 26.0 Å². The fourth-order valence-electron chi connectivity index (χ4n) is 2.12. The summed E-state index contributed by atoms with van der Waals surface area (Å²) in [5.41, 5.74) is 0. The summed E-state index contributed by atoms with van der Waals surface area (Å²) in [5, 5.41) is 3.16. The van der Waals surface area contributed by atoms with Crippen LogP contribution in [0, 0.1) is 11.9 Å². The molecule has 1 aromatic heterocycles. The molecule has 1 fully saturated rings. The summed E-state index contributed by atoms with van der Waals surface area (Å²) in [6.45, 7) is 3.76. The molecule has 0 aromatic carbocycles. The van der Waals surface area contributed by atoms with Crippen LogP contribution < -0.4 is 5.32 Å². The zero-order valence-corrected chi connectivity index (χ0v) is 9.45. The van der Waals surface area contributed by atoms with Gasteiger partial charge in [0.25, 0.3) is 0 Å². The van der Waals surface area contributed by atoms with Gasteiger partial charge in [-0.25, -0.2) is 4.98 Å². The first-order chi connectivity index (χ1) is 7.79. The van der Waals surface area contributed by atoms with Crippen LogP contribution in [-0.4, -0.2) is 24.2 Å². The topological polar surface area (TPSA) is 34.1 Å². The molecule has 0 radical (unpaired) electrons. The molecule has 3 nitrogen and oxygen atoms in total. The maximum Gasteiger partial charge on any atom is 0.214 e. The van der Waals surface area contributed by atoms with Crippen molar-refractivity contribution < 1.29 is 9.13 Å². The lowest BCUT2D eigenvalue weighted by atomic mass is 10.00. The maximum absolute atomic E-state index is 12.8. The van der Waals surface area contributed by atoms with Gasteiger partial charge in [0, 0.05) is 19.1 Å². The second kappa shape index (κ2) is 5.25. The predicted molar refractivity (Wildman–Crippen MR) is 60.8 cm³/mol. The number of rotatable bonds is 4. The van der Waals surface area contributed by atoms with Crippen LogP contribution in [0.3, 0.4) is 0 Å². The minimum Gasteiger partial charge on any atom is -0.378 e. The van der Waals surface area contributed by atoms with E-state index in [-0.39, 0.29) is 0 Å². The predicted octanol–water partition coefficient (Wildman–Crippen LogP) is 2.45. The van der Waals surface area contributed by atoms with Gasteiger partial charge >= 0.3 is 0 Å². The third kappa shape index (κ3) is 2.70. The molecule has 1 aliphatic rings. The second-order valence-electron chi connectivity index (χ2n) is 4.09. The summed E-state index contributed by atoms with van der Waals surface area (Å²) in [4.78, 5) is 3.77. The Kier molecular flexibility index (Phi) is 3.72. The first kappa shape index (κ1) is 11.3. The van der Waals surface area contributed by atoms with E-state index in [4.69, 9.17) is 4.74 Å². The molecule has 4 heteroatoms. The van der Waals surface area contributed by atoms with Gasteiger partial charge in [-0.05, 0) is 25.0 Å². The highest BCUT2D eigenvalue weighted by molar-refractivity contribution is 5.33. The fraction of sp³-hybridized carbons (Fsp3) is 0.583. The van der Waals surface area contributed by atoms with Crippen LogP contribution in [-0.2, 0) is 4.74 Å². The van der Waals surface area contributed by atoms with Gasteiger partial charge in [-0.1, -0.05) is 13.0 Å². The number of nitrogens with one attached hydrogen (secondary N) is 1. The van der Waals surface area contributed by atoms with E-state index >= 15 is 0 Å². The summed E-state index contributed by atoms with van der Waals surface area (Å²) in [7, 11) is 0. The molecule has 1 aliphatic heterocycles. The van der Waals surface area contributed by atoms with Crippen LogP contribution in [0.5, 0.6) is 0 Å². The molecule has 0 spiro atoms. The van der Waals surface area contributed by atoms with Crippen molar-refractivity contribution in [3.8, 4) is 0 Å². The Morgan fingerprint density at radius 1 is 1.56 bits per heavy atom. The molecule has 2 heterocycles. The van der Waals surface area contributed by atoms with E-state index in [1.165, 1.54) is 6.07 Å². The quantitative estimate of drug-likeness (QED) is 0.798. The van der Waals surface area contributed by atoms with E-state index in [9.17, 15) is 4.39 Å². The molecule has 2 atom stereocenters. The largest absolute Gasteiger partial charge is 0.378 e. The van der Waals surface area contributed by atoms with Crippen LogP contribution >= 0.6 is 0 Å². The molecule has 2 rings (SSSR count). The van der Waals surface area contributed by atoms with E-state index in [2.05, 4.69) is 17.2 Å². The zero-order valence-electron chi connectivity index (χ0n) is 9.45. The molecule has 0 amide bonds. The lowest BCUT2D eigenvalue weighted by Gasteiger charge is -2.17. The SMILES string of the molecule is CCC1OCCC1CNc1cccc(F)n1.